The fourth-order valence-electron chi connectivity index (χ4n) is 1.90. The Morgan fingerprint density at radius 1 is 0.900 bits per heavy atom. The minimum Gasteiger partial charge on any atom is -0.271 e. The van der Waals surface area contributed by atoms with Crippen molar-refractivity contribution in [3.05, 3.63) is 68.8 Å². The third-order valence-electron chi connectivity index (χ3n) is 2.94. The third-order valence-corrected chi connectivity index (χ3v) is 3.66. The van der Waals surface area contributed by atoms with Crippen molar-refractivity contribution < 1.29 is 13.2 Å². The zero-order chi connectivity index (χ0) is 14.8. The number of hydrogen-bond donors (Lipinski definition) is 2. The maximum atomic E-state index is 12.5. The fourth-order valence-corrected chi connectivity index (χ4v) is 2.26. The number of nitrogens with one attached hydrogen (secondary N) is 1. The van der Waals surface area contributed by atoms with E-state index in [4.69, 9.17) is 5.84 Å². The van der Waals surface area contributed by atoms with E-state index in [0.717, 1.165) is 21.3 Å². The van der Waals surface area contributed by atoms with Gasteiger partial charge in [0.25, 0.3) is 0 Å². The van der Waals surface area contributed by atoms with Gasteiger partial charge in [-0.15, -0.1) is 0 Å². The van der Waals surface area contributed by atoms with E-state index in [1.165, 1.54) is 12.1 Å². The first-order chi connectivity index (χ1) is 9.41. The van der Waals surface area contributed by atoms with E-state index in [1.54, 1.807) is 0 Å². The molecule has 0 bridgehead atoms. The van der Waals surface area contributed by atoms with Crippen molar-refractivity contribution in [3.8, 4) is 0 Å². The molecule has 0 spiro atoms. The topological polar surface area (TPSA) is 38.0 Å². The highest BCUT2D eigenvalue weighted by Crippen LogP contribution is 2.30. The van der Waals surface area contributed by atoms with Crippen LogP contribution in [-0.4, -0.2) is 0 Å². The van der Waals surface area contributed by atoms with Crippen molar-refractivity contribution >= 4 is 22.6 Å². The van der Waals surface area contributed by atoms with Crippen molar-refractivity contribution in [1.29, 1.82) is 0 Å². The van der Waals surface area contributed by atoms with Gasteiger partial charge in [0.05, 0.1) is 11.6 Å². The standard InChI is InChI=1S/C14H12F3IN2/c15-14(16,17)11-5-1-9(2-6-11)13(20-19)10-3-7-12(18)8-4-10/h1-8,13,20H,19H2. The summed E-state index contributed by atoms with van der Waals surface area (Å²) in [4.78, 5) is 0. The molecule has 0 aliphatic rings. The molecule has 20 heavy (non-hydrogen) atoms. The van der Waals surface area contributed by atoms with Crippen LogP contribution in [0.4, 0.5) is 13.2 Å². The molecule has 0 aromatic heterocycles. The van der Waals surface area contributed by atoms with Crippen molar-refractivity contribution in [2.45, 2.75) is 12.2 Å². The second kappa shape index (κ2) is 6.11. The van der Waals surface area contributed by atoms with E-state index < -0.39 is 11.7 Å². The number of hydrazine groups is 1. The molecule has 1 atom stereocenters. The van der Waals surface area contributed by atoms with Gasteiger partial charge in [-0.1, -0.05) is 24.3 Å². The summed E-state index contributed by atoms with van der Waals surface area (Å²) in [6.45, 7) is 0. The van der Waals surface area contributed by atoms with Crippen LogP contribution in [0.3, 0.4) is 0 Å². The summed E-state index contributed by atoms with van der Waals surface area (Å²) >= 11 is 2.18. The summed E-state index contributed by atoms with van der Waals surface area (Å²) < 4.78 is 38.7. The van der Waals surface area contributed by atoms with Gasteiger partial charge >= 0.3 is 6.18 Å². The molecular weight excluding hydrogens is 380 g/mol. The first-order valence-corrected chi connectivity index (χ1v) is 6.88. The smallest absolute Gasteiger partial charge is 0.271 e. The molecule has 2 rings (SSSR count). The lowest BCUT2D eigenvalue weighted by atomic mass is 9.98. The van der Waals surface area contributed by atoms with Crippen LogP contribution in [0.5, 0.6) is 0 Å². The maximum Gasteiger partial charge on any atom is 0.416 e. The summed E-state index contributed by atoms with van der Waals surface area (Å²) in [5.74, 6) is 5.52. The Morgan fingerprint density at radius 2 is 1.35 bits per heavy atom. The van der Waals surface area contributed by atoms with E-state index in [-0.39, 0.29) is 6.04 Å². The predicted octanol–water partition coefficient (Wildman–Crippen LogP) is 3.86. The summed E-state index contributed by atoms with van der Waals surface area (Å²) in [5.41, 5.74) is 3.54. The summed E-state index contributed by atoms with van der Waals surface area (Å²) in [6.07, 6.45) is -4.33. The summed E-state index contributed by atoms with van der Waals surface area (Å²) in [7, 11) is 0. The molecule has 0 amide bonds. The molecule has 0 radical (unpaired) electrons. The molecule has 0 aliphatic heterocycles. The third kappa shape index (κ3) is 3.50. The number of halogens is 4. The highest BCUT2D eigenvalue weighted by molar-refractivity contribution is 14.1. The Hall–Kier alpha value is -1.12. The van der Waals surface area contributed by atoms with Crippen molar-refractivity contribution in [3.63, 3.8) is 0 Å². The molecule has 6 heteroatoms. The van der Waals surface area contributed by atoms with Crippen LogP contribution in [0.15, 0.2) is 48.5 Å². The van der Waals surface area contributed by atoms with Gasteiger partial charge in [0.1, 0.15) is 0 Å². The van der Waals surface area contributed by atoms with Crippen LogP contribution in [0.1, 0.15) is 22.7 Å². The van der Waals surface area contributed by atoms with Gasteiger partial charge in [0, 0.05) is 3.57 Å². The maximum absolute atomic E-state index is 12.5. The molecule has 0 saturated heterocycles. The molecule has 0 saturated carbocycles. The Morgan fingerprint density at radius 3 is 1.75 bits per heavy atom. The minimum absolute atomic E-state index is 0.339. The summed E-state index contributed by atoms with van der Waals surface area (Å²) in [6, 6.07) is 12.3. The van der Waals surface area contributed by atoms with Crippen LogP contribution in [0, 0.1) is 3.57 Å². The zero-order valence-electron chi connectivity index (χ0n) is 10.3. The number of rotatable bonds is 3. The lowest BCUT2D eigenvalue weighted by Crippen LogP contribution is -2.28. The quantitative estimate of drug-likeness (QED) is 0.473. The van der Waals surface area contributed by atoms with Gasteiger partial charge in [0.2, 0.25) is 0 Å². The molecule has 0 heterocycles. The lowest BCUT2D eigenvalue weighted by molar-refractivity contribution is -0.137. The zero-order valence-corrected chi connectivity index (χ0v) is 12.4. The van der Waals surface area contributed by atoms with Gasteiger partial charge in [-0.25, -0.2) is 5.43 Å². The van der Waals surface area contributed by atoms with Gasteiger partial charge in [-0.05, 0) is 58.0 Å². The first-order valence-electron chi connectivity index (χ1n) is 5.80. The monoisotopic (exact) mass is 392 g/mol. The first kappa shape index (κ1) is 15.3. The highest BCUT2D eigenvalue weighted by Gasteiger charge is 2.30. The van der Waals surface area contributed by atoms with E-state index >= 15 is 0 Å². The van der Waals surface area contributed by atoms with Crippen LogP contribution < -0.4 is 11.3 Å². The molecule has 3 N–H and O–H groups in total. The Labute approximate surface area is 128 Å². The number of benzene rings is 2. The largest absolute Gasteiger partial charge is 0.416 e. The van der Waals surface area contributed by atoms with E-state index in [1.807, 2.05) is 24.3 Å². The van der Waals surface area contributed by atoms with Crippen LogP contribution in [0.25, 0.3) is 0 Å². The average molecular weight is 392 g/mol. The van der Waals surface area contributed by atoms with Crippen LogP contribution >= 0.6 is 22.6 Å². The Balaban J connectivity index is 2.30. The second-order valence-electron chi connectivity index (χ2n) is 4.27. The molecule has 0 fully saturated rings. The average Bonchev–Trinajstić information content (AvgIpc) is 2.41. The van der Waals surface area contributed by atoms with Gasteiger partial charge in [-0.2, -0.15) is 13.2 Å². The van der Waals surface area contributed by atoms with Crippen LogP contribution in [-0.2, 0) is 6.18 Å². The highest BCUT2D eigenvalue weighted by atomic mass is 127. The number of alkyl halides is 3. The normalized spacial score (nSPS) is 13.2. The van der Waals surface area contributed by atoms with E-state index in [2.05, 4.69) is 28.0 Å². The molecule has 0 aliphatic carbocycles. The molecule has 1 unspecified atom stereocenters. The summed E-state index contributed by atoms with van der Waals surface area (Å²) in [5, 5.41) is 0. The molecular formula is C14H12F3IN2. The van der Waals surface area contributed by atoms with Gasteiger partial charge in [0.15, 0.2) is 0 Å². The molecule has 2 nitrogen and oxygen atoms in total. The van der Waals surface area contributed by atoms with Crippen molar-refractivity contribution in [1.82, 2.24) is 5.43 Å². The van der Waals surface area contributed by atoms with Crippen molar-refractivity contribution in [2.24, 2.45) is 5.84 Å². The van der Waals surface area contributed by atoms with Gasteiger partial charge < -0.3 is 0 Å². The SMILES string of the molecule is NNC(c1ccc(I)cc1)c1ccc(C(F)(F)F)cc1. The van der Waals surface area contributed by atoms with Crippen molar-refractivity contribution in [2.75, 3.05) is 0 Å². The molecule has 106 valence electrons. The fraction of sp³-hybridized carbons (Fsp3) is 0.143. The predicted molar refractivity (Wildman–Crippen MR) is 79.8 cm³/mol. The number of hydrogen-bond acceptors (Lipinski definition) is 2. The Bertz CT molecular complexity index is 564. The van der Waals surface area contributed by atoms with Crippen LogP contribution in [0.2, 0.25) is 0 Å². The minimum atomic E-state index is -4.33. The molecule has 2 aromatic carbocycles. The number of nitrogens with two attached hydrogens (primary N) is 1. The van der Waals surface area contributed by atoms with E-state index in [9.17, 15) is 13.2 Å². The van der Waals surface area contributed by atoms with Gasteiger partial charge in [-0.3, -0.25) is 5.84 Å². The second-order valence-corrected chi connectivity index (χ2v) is 5.52. The molecule has 2 aromatic rings. The lowest BCUT2D eigenvalue weighted by Gasteiger charge is -2.17. The van der Waals surface area contributed by atoms with E-state index in [0.29, 0.717) is 5.56 Å². The Kier molecular flexibility index (Phi) is 4.66.